The summed E-state index contributed by atoms with van der Waals surface area (Å²) < 4.78 is 12.5. The van der Waals surface area contributed by atoms with Gasteiger partial charge in [0.1, 0.15) is 11.7 Å². The van der Waals surface area contributed by atoms with Gasteiger partial charge < -0.3 is 25.2 Å². The molecule has 2 atom stereocenters. The number of nitrogens with zero attached hydrogens (tertiary/aromatic N) is 1. The summed E-state index contributed by atoms with van der Waals surface area (Å²) in [5.41, 5.74) is 4.63. The molecule has 1 saturated carbocycles. The number of benzene rings is 2. The van der Waals surface area contributed by atoms with Crippen LogP contribution in [0.1, 0.15) is 66.2 Å². The molecule has 5 rings (SSSR count). The van der Waals surface area contributed by atoms with E-state index in [4.69, 9.17) is 9.47 Å². The van der Waals surface area contributed by atoms with Crippen LogP contribution in [0.3, 0.4) is 0 Å². The number of amides is 1. The van der Waals surface area contributed by atoms with Crippen molar-refractivity contribution < 1.29 is 24.2 Å². The molecule has 2 aliphatic rings. The van der Waals surface area contributed by atoms with Gasteiger partial charge in [0.2, 0.25) is 0 Å². The van der Waals surface area contributed by atoms with Gasteiger partial charge in [-0.3, -0.25) is 9.78 Å². The summed E-state index contributed by atoms with van der Waals surface area (Å²) in [5.74, 6) is -0.809. The molecule has 3 N–H and O–H groups in total. The molecule has 1 aliphatic carbocycles. The van der Waals surface area contributed by atoms with E-state index in [0.29, 0.717) is 43.5 Å². The van der Waals surface area contributed by atoms with Gasteiger partial charge in [-0.05, 0) is 54.5 Å². The van der Waals surface area contributed by atoms with Crippen LogP contribution in [0.15, 0.2) is 54.2 Å². The summed E-state index contributed by atoms with van der Waals surface area (Å²) in [7, 11) is 0. The molecule has 0 radical (unpaired) electrons. The lowest BCUT2D eigenvalue weighted by atomic mass is 9.74. The number of aromatic nitrogens is 1. The fraction of sp³-hybridized carbons (Fsp3) is 0.452. The normalized spacial score (nSPS) is 19.6. The molecule has 0 spiro atoms. The summed E-state index contributed by atoms with van der Waals surface area (Å²) in [4.78, 5) is 30.3. The Bertz CT molecular complexity index is 1300. The van der Waals surface area contributed by atoms with Gasteiger partial charge in [0.05, 0.1) is 29.2 Å². The average molecular weight is 564 g/mol. The standard InChI is InChI=1S/C31H37N3O5S/c1-2-31(28-18-33-20-40-28,24-9-4-3-5-10-24)39-19-21-11-12-25(22-7-6-8-23(16-22)30(36)37)26(15-21)34-29(35)27-17-32-13-14-38-27/h6-8,11-12,15-16,18,20,24,27,32H,2-5,9-10,13-14,17,19H2,1H3,(H,34,35)(H,36,37). The van der Waals surface area contributed by atoms with Crippen molar-refractivity contribution in [2.45, 2.75) is 63.8 Å². The van der Waals surface area contributed by atoms with Crippen LogP contribution in [0.5, 0.6) is 0 Å². The van der Waals surface area contributed by atoms with Gasteiger partial charge in [-0.15, -0.1) is 11.3 Å². The summed E-state index contributed by atoms with van der Waals surface area (Å²) in [6.45, 7) is 4.19. The number of carboxylic acid groups (broad SMARTS) is 1. The van der Waals surface area contributed by atoms with Crippen LogP contribution < -0.4 is 10.6 Å². The molecule has 1 amide bonds. The van der Waals surface area contributed by atoms with Crippen molar-refractivity contribution in [1.29, 1.82) is 0 Å². The van der Waals surface area contributed by atoms with Crippen LogP contribution in [0.2, 0.25) is 0 Å². The quantitative estimate of drug-likeness (QED) is 0.284. The second-order valence-electron chi connectivity index (χ2n) is 10.6. The Balaban J connectivity index is 1.45. The fourth-order valence-corrected chi connectivity index (χ4v) is 6.89. The number of carbonyl (C=O) groups is 2. The minimum absolute atomic E-state index is 0.187. The minimum atomic E-state index is -0.999. The Morgan fingerprint density at radius 2 is 2.05 bits per heavy atom. The highest BCUT2D eigenvalue weighted by molar-refractivity contribution is 7.09. The zero-order chi connectivity index (χ0) is 28.0. The van der Waals surface area contributed by atoms with Crippen LogP contribution in [0.25, 0.3) is 11.1 Å². The molecule has 212 valence electrons. The number of carbonyl (C=O) groups excluding carboxylic acids is 1. The molecule has 3 aromatic rings. The van der Waals surface area contributed by atoms with Gasteiger partial charge in [0.15, 0.2) is 0 Å². The maximum Gasteiger partial charge on any atom is 0.335 e. The third kappa shape index (κ3) is 6.28. The molecule has 2 heterocycles. The molecule has 1 saturated heterocycles. The molecule has 9 heteroatoms. The number of hydrogen-bond acceptors (Lipinski definition) is 7. The number of rotatable bonds is 10. The Morgan fingerprint density at radius 1 is 1.20 bits per heavy atom. The molecular weight excluding hydrogens is 526 g/mol. The van der Waals surface area contributed by atoms with E-state index in [1.165, 1.54) is 24.1 Å². The number of ether oxygens (including phenoxy) is 2. The monoisotopic (exact) mass is 563 g/mol. The molecule has 8 nitrogen and oxygen atoms in total. The second kappa shape index (κ2) is 13.0. The van der Waals surface area contributed by atoms with Crippen LogP contribution in [0, 0.1) is 5.92 Å². The van der Waals surface area contributed by atoms with Crippen molar-refractivity contribution in [2.24, 2.45) is 5.92 Å². The van der Waals surface area contributed by atoms with E-state index >= 15 is 0 Å². The van der Waals surface area contributed by atoms with Crippen molar-refractivity contribution in [3.8, 4) is 11.1 Å². The van der Waals surface area contributed by atoms with Gasteiger partial charge in [-0.25, -0.2) is 4.79 Å². The lowest BCUT2D eigenvalue weighted by Crippen LogP contribution is -2.45. The minimum Gasteiger partial charge on any atom is -0.478 e. The van der Waals surface area contributed by atoms with Crippen LogP contribution in [-0.4, -0.2) is 47.8 Å². The first kappa shape index (κ1) is 28.4. The Labute approximate surface area is 239 Å². The van der Waals surface area contributed by atoms with E-state index in [9.17, 15) is 14.7 Å². The number of nitrogens with one attached hydrogen (secondary N) is 2. The average Bonchev–Trinajstić information content (AvgIpc) is 3.55. The van der Waals surface area contributed by atoms with E-state index < -0.39 is 17.7 Å². The summed E-state index contributed by atoms with van der Waals surface area (Å²) >= 11 is 1.65. The molecular formula is C31H37N3O5S. The van der Waals surface area contributed by atoms with Crippen LogP contribution >= 0.6 is 11.3 Å². The topological polar surface area (TPSA) is 110 Å². The smallest absolute Gasteiger partial charge is 0.335 e. The predicted molar refractivity (Wildman–Crippen MR) is 156 cm³/mol. The van der Waals surface area contributed by atoms with Crippen molar-refractivity contribution in [1.82, 2.24) is 10.3 Å². The highest BCUT2D eigenvalue weighted by Gasteiger charge is 2.41. The molecule has 2 aromatic carbocycles. The number of anilines is 1. The number of hydrogen-bond donors (Lipinski definition) is 3. The van der Waals surface area contributed by atoms with E-state index in [1.807, 2.05) is 36.0 Å². The first-order valence-corrected chi connectivity index (χ1v) is 15.0. The molecule has 2 fully saturated rings. The summed E-state index contributed by atoms with van der Waals surface area (Å²) in [6.07, 6.45) is 8.19. The van der Waals surface area contributed by atoms with E-state index in [-0.39, 0.29) is 11.5 Å². The number of thiazole rings is 1. The van der Waals surface area contributed by atoms with Crippen LogP contribution in [-0.2, 0) is 26.5 Å². The van der Waals surface area contributed by atoms with Gasteiger partial charge in [-0.2, -0.15) is 0 Å². The summed E-state index contributed by atoms with van der Waals surface area (Å²) in [5, 5.41) is 15.8. The highest BCUT2D eigenvalue weighted by Crippen LogP contribution is 2.46. The lowest BCUT2D eigenvalue weighted by Gasteiger charge is -2.41. The Kier molecular flexibility index (Phi) is 9.26. The first-order valence-electron chi connectivity index (χ1n) is 14.1. The van der Waals surface area contributed by atoms with Gasteiger partial charge in [-0.1, -0.05) is 50.5 Å². The third-order valence-electron chi connectivity index (χ3n) is 8.12. The molecule has 2 unspecified atom stereocenters. The molecule has 1 aromatic heterocycles. The Hall–Kier alpha value is -3.11. The first-order chi connectivity index (χ1) is 19.5. The van der Waals surface area contributed by atoms with Gasteiger partial charge in [0.25, 0.3) is 5.91 Å². The third-order valence-corrected chi connectivity index (χ3v) is 9.05. The summed E-state index contributed by atoms with van der Waals surface area (Å²) in [6, 6.07) is 12.6. The number of morpholine rings is 1. The van der Waals surface area contributed by atoms with Crippen LogP contribution in [0.4, 0.5) is 5.69 Å². The zero-order valence-electron chi connectivity index (χ0n) is 22.9. The lowest BCUT2D eigenvalue weighted by molar-refractivity contribution is -0.128. The van der Waals surface area contributed by atoms with Crippen molar-refractivity contribution in [2.75, 3.05) is 25.0 Å². The number of aromatic carboxylic acids is 1. The number of carboxylic acids is 1. The predicted octanol–water partition coefficient (Wildman–Crippen LogP) is 5.84. The van der Waals surface area contributed by atoms with E-state index in [2.05, 4.69) is 22.5 Å². The van der Waals surface area contributed by atoms with Crippen molar-refractivity contribution in [3.63, 3.8) is 0 Å². The maximum atomic E-state index is 13.2. The molecule has 0 bridgehead atoms. The van der Waals surface area contributed by atoms with Gasteiger partial charge in [0, 0.05) is 30.5 Å². The highest BCUT2D eigenvalue weighted by atomic mass is 32.1. The molecule has 40 heavy (non-hydrogen) atoms. The van der Waals surface area contributed by atoms with E-state index in [1.54, 1.807) is 29.5 Å². The van der Waals surface area contributed by atoms with Crippen molar-refractivity contribution >= 4 is 28.9 Å². The Morgan fingerprint density at radius 3 is 2.75 bits per heavy atom. The second-order valence-corrected chi connectivity index (χ2v) is 11.4. The molecule has 1 aliphatic heterocycles. The van der Waals surface area contributed by atoms with E-state index in [0.717, 1.165) is 30.4 Å². The largest absolute Gasteiger partial charge is 0.478 e. The van der Waals surface area contributed by atoms with Crippen molar-refractivity contribution in [3.05, 3.63) is 70.2 Å². The van der Waals surface area contributed by atoms with Gasteiger partial charge >= 0.3 is 5.97 Å². The SMILES string of the molecule is CCC(OCc1ccc(-c2cccc(C(=O)O)c2)c(NC(=O)C2CNCCO2)c1)(c1cncs1)C1CCCCC1. The zero-order valence-corrected chi connectivity index (χ0v) is 23.7. The fourth-order valence-electron chi connectivity index (χ4n) is 5.96. The maximum absolute atomic E-state index is 13.2.